The molecule has 1 aromatic carbocycles. The van der Waals surface area contributed by atoms with Crippen molar-refractivity contribution in [2.24, 2.45) is 5.92 Å². The van der Waals surface area contributed by atoms with E-state index in [-0.39, 0.29) is 18.6 Å². The summed E-state index contributed by atoms with van der Waals surface area (Å²) in [5.41, 5.74) is 5.72. The van der Waals surface area contributed by atoms with E-state index in [4.69, 9.17) is 22.1 Å². The van der Waals surface area contributed by atoms with Crippen LogP contribution in [0.4, 0.5) is 11.8 Å². The van der Waals surface area contributed by atoms with E-state index in [2.05, 4.69) is 15.3 Å². The molecule has 1 saturated carbocycles. The Balaban J connectivity index is 1.76. The van der Waals surface area contributed by atoms with Crippen LogP contribution in [0.15, 0.2) is 30.5 Å². The number of rotatable bonds is 5. The van der Waals surface area contributed by atoms with Crippen LogP contribution in [0.25, 0.3) is 0 Å². The molecule has 24 heavy (non-hydrogen) atoms. The second-order valence-corrected chi connectivity index (χ2v) is 6.49. The number of halogens is 1. The predicted octanol–water partition coefficient (Wildman–Crippen LogP) is 3.47. The lowest BCUT2D eigenvalue weighted by atomic mass is 9.86. The van der Waals surface area contributed by atoms with Crippen LogP contribution >= 0.6 is 11.6 Å². The summed E-state index contributed by atoms with van der Waals surface area (Å²) in [5.74, 6) is 2.25. The molecule has 0 amide bonds. The molecule has 1 aliphatic rings. The average molecular weight is 349 g/mol. The zero-order chi connectivity index (χ0) is 16.9. The first-order chi connectivity index (χ1) is 11.6. The summed E-state index contributed by atoms with van der Waals surface area (Å²) < 4.78 is 5.86. The number of hydrogen-bond donors (Lipinski definition) is 3. The maximum Gasteiger partial charge on any atom is 0.222 e. The van der Waals surface area contributed by atoms with E-state index in [1.807, 2.05) is 0 Å². The van der Waals surface area contributed by atoms with Gasteiger partial charge in [0, 0.05) is 17.7 Å². The predicted molar refractivity (Wildman–Crippen MR) is 94.4 cm³/mol. The van der Waals surface area contributed by atoms with E-state index in [0.717, 1.165) is 25.7 Å². The molecular formula is C17H21ClN4O2. The molecule has 0 aliphatic heterocycles. The molecule has 2 aromatic rings. The van der Waals surface area contributed by atoms with E-state index >= 15 is 0 Å². The number of nitrogens with one attached hydrogen (secondary N) is 1. The maximum atomic E-state index is 9.38. The van der Waals surface area contributed by atoms with Gasteiger partial charge < -0.3 is 20.9 Å². The number of aliphatic hydroxyl groups is 1. The van der Waals surface area contributed by atoms with Crippen LogP contribution < -0.4 is 15.8 Å². The first kappa shape index (κ1) is 16.8. The number of aromatic nitrogens is 2. The summed E-state index contributed by atoms with van der Waals surface area (Å²) in [6.45, 7) is 0.220. The summed E-state index contributed by atoms with van der Waals surface area (Å²) in [6, 6.07) is 7.32. The van der Waals surface area contributed by atoms with E-state index in [9.17, 15) is 5.11 Å². The standard InChI is InChI=1S/C17H21ClN4O2/c18-12-4-6-14(7-5-12)24-15-9-20-17(19)22-16(15)21-13-3-1-2-11(8-13)10-23/h4-7,9,11,13,23H,1-3,8,10H2,(H3,19,20,21,22)/t11-,13-/m0/s1. The highest BCUT2D eigenvalue weighted by Crippen LogP contribution is 2.32. The summed E-state index contributed by atoms with van der Waals surface area (Å²) in [6.07, 6.45) is 5.64. The number of anilines is 2. The highest BCUT2D eigenvalue weighted by molar-refractivity contribution is 6.30. The fraction of sp³-hybridized carbons (Fsp3) is 0.412. The van der Waals surface area contributed by atoms with Crippen molar-refractivity contribution in [1.29, 1.82) is 0 Å². The minimum absolute atomic E-state index is 0.190. The van der Waals surface area contributed by atoms with Crippen molar-refractivity contribution in [2.45, 2.75) is 31.7 Å². The van der Waals surface area contributed by atoms with Gasteiger partial charge in [0.2, 0.25) is 5.95 Å². The zero-order valence-corrected chi connectivity index (χ0v) is 14.0. The second-order valence-electron chi connectivity index (χ2n) is 6.05. The van der Waals surface area contributed by atoms with Gasteiger partial charge in [0.15, 0.2) is 11.6 Å². The number of nitrogens with zero attached hydrogens (tertiary/aromatic N) is 2. The average Bonchev–Trinajstić information content (AvgIpc) is 2.59. The van der Waals surface area contributed by atoms with Crippen LogP contribution in [0.1, 0.15) is 25.7 Å². The van der Waals surface area contributed by atoms with Gasteiger partial charge in [0.25, 0.3) is 0 Å². The Morgan fingerprint density at radius 1 is 1.29 bits per heavy atom. The molecule has 128 valence electrons. The van der Waals surface area contributed by atoms with Gasteiger partial charge in [0.1, 0.15) is 5.75 Å². The summed E-state index contributed by atoms with van der Waals surface area (Å²) in [7, 11) is 0. The smallest absolute Gasteiger partial charge is 0.222 e. The first-order valence-electron chi connectivity index (χ1n) is 8.07. The quantitative estimate of drug-likeness (QED) is 0.766. The number of hydrogen-bond acceptors (Lipinski definition) is 6. The fourth-order valence-corrected chi connectivity index (χ4v) is 3.10. The third-order valence-electron chi connectivity index (χ3n) is 4.20. The molecule has 2 atom stereocenters. The molecule has 7 heteroatoms. The molecule has 4 N–H and O–H groups in total. The lowest BCUT2D eigenvalue weighted by Gasteiger charge is -2.29. The van der Waals surface area contributed by atoms with Crippen molar-refractivity contribution in [3.05, 3.63) is 35.5 Å². The number of nitrogens with two attached hydrogens (primary N) is 1. The molecular weight excluding hydrogens is 328 g/mol. The Labute approximate surface area is 146 Å². The molecule has 1 heterocycles. The normalized spacial score (nSPS) is 20.6. The second kappa shape index (κ2) is 7.68. The van der Waals surface area contributed by atoms with Crippen LogP contribution in [-0.4, -0.2) is 27.7 Å². The maximum absolute atomic E-state index is 9.38. The third-order valence-corrected chi connectivity index (χ3v) is 4.45. The van der Waals surface area contributed by atoms with Gasteiger partial charge >= 0.3 is 0 Å². The summed E-state index contributed by atoms with van der Waals surface area (Å²) in [5, 5.41) is 13.4. The molecule has 1 fully saturated rings. The first-order valence-corrected chi connectivity index (χ1v) is 8.45. The Morgan fingerprint density at radius 2 is 2.08 bits per heavy atom. The molecule has 1 aliphatic carbocycles. The van der Waals surface area contributed by atoms with Crippen molar-refractivity contribution >= 4 is 23.4 Å². The molecule has 3 rings (SSSR count). The number of ether oxygens (including phenoxy) is 1. The molecule has 1 aromatic heterocycles. The molecule has 0 saturated heterocycles. The number of aliphatic hydroxyl groups excluding tert-OH is 1. The fourth-order valence-electron chi connectivity index (χ4n) is 2.97. The topological polar surface area (TPSA) is 93.3 Å². The minimum atomic E-state index is 0.190. The van der Waals surface area contributed by atoms with Gasteiger partial charge in [0.05, 0.1) is 6.20 Å². The highest BCUT2D eigenvalue weighted by Gasteiger charge is 2.23. The Bertz CT molecular complexity index is 681. The van der Waals surface area contributed by atoms with Crippen molar-refractivity contribution < 1.29 is 9.84 Å². The monoisotopic (exact) mass is 348 g/mol. The van der Waals surface area contributed by atoms with Gasteiger partial charge in [-0.1, -0.05) is 18.0 Å². The van der Waals surface area contributed by atoms with E-state index in [0.29, 0.717) is 28.3 Å². The lowest BCUT2D eigenvalue weighted by molar-refractivity contribution is 0.184. The van der Waals surface area contributed by atoms with E-state index < -0.39 is 0 Å². The van der Waals surface area contributed by atoms with Crippen molar-refractivity contribution in [3.8, 4) is 11.5 Å². The molecule has 0 unspecified atom stereocenters. The van der Waals surface area contributed by atoms with Crippen LogP contribution in [-0.2, 0) is 0 Å². The van der Waals surface area contributed by atoms with Crippen molar-refractivity contribution in [3.63, 3.8) is 0 Å². The van der Waals surface area contributed by atoms with Gasteiger partial charge in [-0.3, -0.25) is 0 Å². The Kier molecular flexibility index (Phi) is 5.37. The minimum Gasteiger partial charge on any atom is -0.452 e. The number of benzene rings is 1. The van der Waals surface area contributed by atoms with Crippen molar-refractivity contribution in [1.82, 2.24) is 9.97 Å². The van der Waals surface area contributed by atoms with E-state index in [1.54, 1.807) is 30.5 Å². The van der Waals surface area contributed by atoms with Crippen LogP contribution in [0.3, 0.4) is 0 Å². The van der Waals surface area contributed by atoms with Gasteiger partial charge in [-0.15, -0.1) is 0 Å². The largest absolute Gasteiger partial charge is 0.452 e. The molecule has 6 nitrogen and oxygen atoms in total. The van der Waals surface area contributed by atoms with Gasteiger partial charge in [-0.05, 0) is 49.4 Å². The molecule has 0 spiro atoms. The highest BCUT2D eigenvalue weighted by atomic mass is 35.5. The Morgan fingerprint density at radius 3 is 2.83 bits per heavy atom. The Hall–Kier alpha value is -2.05. The lowest BCUT2D eigenvalue weighted by Crippen LogP contribution is -2.29. The summed E-state index contributed by atoms with van der Waals surface area (Å²) in [4.78, 5) is 8.29. The van der Waals surface area contributed by atoms with E-state index in [1.165, 1.54) is 0 Å². The third kappa shape index (κ3) is 4.27. The summed E-state index contributed by atoms with van der Waals surface area (Å²) >= 11 is 5.89. The van der Waals surface area contributed by atoms with Crippen molar-refractivity contribution in [2.75, 3.05) is 17.7 Å². The SMILES string of the molecule is Nc1ncc(Oc2ccc(Cl)cc2)c(N[C@H]2CCC[C@H](CO)C2)n1. The molecule has 0 bridgehead atoms. The van der Waals surface area contributed by atoms with Gasteiger partial charge in [-0.25, -0.2) is 4.98 Å². The van der Waals surface area contributed by atoms with Crippen LogP contribution in [0, 0.1) is 5.92 Å². The van der Waals surface area contributed by atoms with Crippen LogP contribution in [0.2, 0.25) is 5.02 Å². The number of nitrogen functional groups attached to an aromatic ring is 1. The van der Waals surface area contributed by atoms with Crippen LogP contribution in [0.5, 0.6) is 11.5 Å². The molecule has 0 radical (unpaired) electrons. The van der Waals surface area contributed by atoms with Gasteiger partial charge in [-0.2, -0.15) is 4.98 Å². The zero-order valence-electron chi connectivity index (χ0n) is 13.3.